The van der Waals surface area contributed by atoms with E-state index in [0.717, 1.165) is 13.1 Å². The minimum atomic E-state index is -1.18. The number of amides is 2. The lowest BCUT2D eigenvalue weighted by molar-refractivity contribution is -0.143. The van der Waals surface area contributed by atoms with Gasteiger partial charge in [0.1, 0.15) is 18.8 Å². The molecular weight excluding hydrogens is 625 g/mol. The molecule has 0 radical (unpaired) electrons. The topological polar surface area (TPSA) is 150 Å². The third-order valence-electron chi connectivity index (χ3n) is 6.69. The number of aliphatic hydroxyl groups is 3. The second-order valence-electron chi connectivity index (χ2n) is 9.26. The first-order chi connectivity index (χ1) is 18.8. The molecule has 0 unspecified atom stereocenters. The van der Waals surface area contributed by atoms with Gasteiger partial charge in [-0.25, -0.2) is 0 Å². The summed E-state index contributed by atoms with van der Waals surface area (Å²) in [5.41, 5.74) is 0.955. The summed E-state index contributed by atoms with van der Waals surface area (Å²) in [6.07, 6.45) is -0.538. The van der Waals surface area contributed by atoms with E-state index in [2.05, 4.69) is 32.8 Å². The van der Waals surface area contributed by atoms with Gasteiger partial charge in [-0.15, -0.1) is 0 Å². The molecule has 0 spiro atoms. The zero-order chi connectivity index (χ0) is 28.4. The van der Waals surface area contributed by atoms with E-state index in [1.807, 2.05) is 0 Å². The van der Waals surface area contributed by atoms with Crippen LogP contribution in [0.5, 0.6) is 11.5 Å². The zero-order valence-corrected chi connectivity index (χ0v) is 24.5. The minimum Gasteiger partial charge on any atom is -0.493 e. The maximum atomic E-state index is 13.2. The summed E-state index contributed by atoms with van der Waals surface area (Å²) in [7, 11) is 2.90. The molecule has 3 rings (SSSR count). The van der Waals surface area contributed by atoms with Crippen molar-refractivity contribution >= 4 is 34.4 Å². The van der Waals surface area contributed by atoms with E-state index in [4.69, 9.17) is 18.9 Å². The molecule has 1 aliphatic carbocycles. The van der Waals surface area contributed by atoms with Crippen molar-refractivity contribution in [3.63, 3.8) is 0 Å². The smallest absolute Gasteiger partial charge is 0.248 e. The summed E-state index contributed by atoms with van der Waals surface area (Å²) in [5.74, 6) is -0.0294. The molecule has 2 amide bonds. The van der Waals surface area contributed by atoms with Crippen molar-refractivity contribution in [1.29, 1.82) is 0 Å². The predicted octanol–water partition coefficient (Wildman–Crippen LogP) is -0.485. The average Bonchev–Trinajstić information content (AvgIpc) is 2.94. The van der Waals surface area contributed by atoms with Gasteiger partial charge in [-0.2, -0.15) is 0 Å². The lowest BCUT2D eigenvalue weighted by Crippen LogP contribution is -2.57. The van der Waals surface area contributed by atoms with Gasteiger partial charge >= 0.3 is 0 Å². The van der Waals surface area contributed by atoms with E-state index in [-0.39, 0.29) is 38.7 Å². The summed E-state index contributed by atoms with van der Waals surface area (Å²) in [6, 6.07) is 2.60. The van der Waals surface area contributed by atoms with Crippen LogP contribution in [0.25, 0.3) is 0 Å². The van der Waals surface area contributed by atoms with Crippen molar-refractivity contribution < 1.29 is 43.9 Å². The number of aliphatic hydroxyl groups excluding tert-OH is 3. The van der Waals surface area contributed by atoms with Crippen LogP contribution in [0, 0.1) is 3.57 Å². The molecule has 39 heavy (non-hydrogen) atoms. The standard InChI is InChI=1S/C26H38IN3O9/c1-36-16-23(33)30(5-4-29-6-9-38-10-7-29)20-13-18(26(35)28-3-8-31)14-21(24(20)34)39-25-19(27)11-17(15-32)12-22(25)37-2/h11-12,14,20-21,24,31-32,34H,3-10,13,15-16H2,1-2H3,(H,28,35)/t20-,21+,24+/m1/s1. The van der Waals surface area contributed by atoms with Crippen LogP contribution in [0.1, 0.15) is 12.0 Å². The highest BCUT2D eigenvalue weighted by Crippen LogP contribution is 2.37. The van der Waals surface area contributed by atoms with Crippen LogP contribution in [-0.2, 0) is 25.7 Å². The molecule has 0 bridgehead atoms. The normalized spacial score (nSPS) is 21.7. The summed E-state index contributed by atoms with van der Waals surface area (Å²) in [5, 5.41) is 33.0. The Labute approximate surface area is 242 Å². The van der Waals surface area contributed by atoms with Crippen molar-refractivity contribution in [3.05, 3.63) is 32.9 Å². The molecular formula is C26H38IN3O9. The molecule has 4 N–H and O–H groups in total. The molecule has 1 heterocycles. The minimum absolute atomic E-state index is 0.0621. The fraction of sp³-hybridized carbons (Fsp3) is 0.615. The second kappa shape index (κ2) is 15.7. The van der Waals surface area contributed by atoms with Crippen LogP contribution in [0.3, 0.4) is 0 Å². The number of nitrogens with zero attached hydrogens (tertiary/aromatic N) is 2. The van der Waals surface area contributed by atoms with Crippen LogP contribution in [-0.4, -0.2) is 129 Å². The quantitative estimate of drug-likeness (QED) is 0.204. The Kier molecular flexibility index (Phi) is 12.7. The van der Waals surface area contributed by atoms with Gasteiger partial charge in [0.05, 0.1) is 43.1 Å². The number of morpholine rings is 1. The average molecular weight is 664 g/mol. The first-order valence-electron chi connectivity index (χ1n) is 12.8. The van der Waals surface area contributed by atoms with Gasteiger partial charge in [0, 0.05) is 51.8 Å². The number of hydrogen-bond donors (Lipinski definition) is 4. The molecule has 1 saturated heterocycles. The third-order valence-corrected chi connectivity index (χ3v) is 7.49. The Morgan fingerprint density at radius 2 is 1.97 bits per heavy atom. The van der Waals surface area contributed by atoms with Gasteiger partial charge in [-0.3, -0.25) is 14.5 Å². The molecule has 13 heteroatoms. The molecule has 1 aromatic carbocycles. The first kappa shape index (κ1) is 31.5. The Hall–Kier alpha value is -2.01. The van der Waals surface area contributed by atoms with Gasteiger partial charge in [-0.1, -0.05) is 0 Å². The van der Waals surface area contributed by atoms with E-state index < -0.39 is 24.2 Å². The predicted molar refractivity (Wildman–Crippen MR) is 149 cm³/mol. The van der Waals surface area contributed by atoms with E-state index >= 15 is 0 Å². The van der Waals surface area contributed by atoms with Gasteiger partial charge in [0.25, 0.3) is 0 Å². The number of ether oxygens (including phenoxy) is 4. The Morgan fingerprint density at radius 3 is 2.62 bits per heavy atom. The van der Waals surface area contributed by atoms with Crippen LogP contribution in [0.2, 0.25) is 0 Å². The number of carbonyl (C=O) groups is 2. The molecule has 3 atom stereocenters. The Bertz CT molecular complexity index is 1000. The molecule has 1 aliphatic heterocycles. The highest BCUT2D eigenvalue weighted by molar-refractivity contribution is 14.1. The molecule has 12 nitrogen and oxygen atoms in total. The lowest BCUT2D eigenvalue weighted by Gasteiger charge is -2.41. The maximum Gasteiger partial charge on any atom is 0.248 e. The molecule has 1 fully saturated rings. The molecule has 1 aromatic rings. The number of benzene rings is 1. The largest absolute Gasteiger partial charge is 0.493 e. The zero-order valence-electron chi connectivity index (χ0n) is 22.3. The van der Waals surface area contributed by atoms with E-state index in [1.165, 1.54) is 14.2 Å². The second-order valence-corrected chi connectivity index (χ2v) is 10.4. The van der Waals surface area contributed by atoms with E-state index in [1.54, 1.807) is 23.1 Å². The van der Waals surface area contributed by atoms with Crippen molar-refractivity contribution in [2.75, 3.05) is 73.4 Å². The fourth-order valence-corrected chi connectivity index (χ4v) is 5.44. The Morgan fingerprint density at radius 1 is 1.23 bits per heavy atom. The number of carbonyl (C=O) groups excluding carboxylic acids is 2. The monoisotopic (exact) mass is 663 g/mol. The summed E-state index contributed by atoms with van der Waals surface area (Å²) < 4.78 is 22.9. The molecule has 0 aromatic heterocycles. The van der Waals surface area contributed by atoms with Gasteiger partial charge in [0.2, 0.25) is 11.8 Å². The van der Waals surface area contributed by atoms with Crippen molar-refractivity contribution in [1.82, 2.24) is 15.1 Å². The number of halogens is 1. The highest BCUT2D eigenvalue weighted by Gasteiger charge is 2.41. The SMILES string of the molecule is COCC(=O)N(CCN1CCOCC1)[C@@H]1CC(C(=O)NCCO)=C[C@H](Oc2c(I)cc(CO)cc2OC)[C@H]1O. The first-order valence-corrected chi connectivity index (χ1v) is 13.9. The van der Waals surface area contributed by atoms with Crippen LogP contribution in [0.15, 0.2) is 23.8 Å². The van der Waals surface area contributed by atoms with Crippen molar-refractivity contribution in [2.45, 2.75) is 31.3 Å². The summed E-state index contributed by atoms with van der Waals surface area (Å²) in [6.45, 7) is 3.05. The van der Waals surface area contributed by atoms with Crippen LogP contribution >= 0.6 is 22.6 Å². The third kappa shape index (κ3) is 8.49. The van der Waals surface area contributed by atoms with E-state index in [9.17, 15) is 24.9 Å². The Balaban J connectivity index is 1.94. The molecule has 0 saturated carbocycles. The number of hydrogen-bond acceptors (Lipinski definition) is 10. The van der Waals surface area contributed by atoms with E-state index in [0.29, 0.717) is 52.5 Å². The van der Waals surface area contributed by atoms with Crippen LogP contribution < -0.4 is 14.8 Å². The number of rotatable bonds is 13. The molecule has 2 aliphatic rings. The maximum absolute atomic E-state index is 13.2. The fourth-order valence-electron chi connectivity index (χ4n) is 4.65. The van der Waals surface area contributed by atoms with Crippen molar-refractivity contribution in [2.24, 2.45) is 0 Å². The lowest BCUT2D eigenvalue weighted by atomic mass is 9.88. The summed E-state index contributed by atoms with van der Waals surface area (Å²) >= 11 is 2.05. The summed E-state index contributed by atoms with van der Waals surface area (Å²) in [4.78, 5) is 29.9. The van der Waals surface area contributed by atoms with Gasteiger partial charge in [0.15, 0.2) is 11.5 Å². The molecule has 218 valence electrons. The number of methoxy groups -OCH3 is 2. The van der Waals surface area contributed by atoms with Gasteiger partial charge < -0.3 is 44.5 Å². The van der Waals surface area contributed by atoms with Gasteiger partial charge in [-0.05, 0) is 46.4 Å². The number of nitrogens with one attached hydrogen (secondary N) is 1. The van der Waals surface area contributed by atoms with Crippen LogP contribution in [0.4, 0.5) is 0 Å². The van der Waals surface area contributed by atoms with Crippen molar-refractivity contribution in [3.8, 4) is 11.5 Å². The highest BCUT2D eigenvalue weighted by atomic mass is 127.